The van der Waals surface area contributed by atoms with Gasteiger partial charge in [0, 0.05) is 30.1 Å². The van der Waals surface area contributed by atoms with Crippen molar-refractivity contribution in [2.24, 2.45) is 5.73 Å². The van der Waals surface area contributed by atoms with Crippen LogP contribution in [0.15, 0.2) is 41.8 Å². The second-order valence-corrected chi connectivity index (χ2v) is 6.80. The third-order valence-electron chi connectivity index (χ3n) is 3.74. The highest BCUT2D eigenvalue weighted by Crippen LogP contribution is 2.18. The van der Waals surface area contributed by atoms with Crippen LogP contribution in [0.1, 0.15) is 16.9 Å². The average Bonchev–Trinajstić information content (AvgIpc) is 2.93. The van der Waals surface area contributed by atoms with Crippen molar-refractivity contribution in [2.75, 3.05) is 25.0 Å². The molecule has 0 aliphatic rings. The number of carbonyl (C=O) groups excluding carboxylic acids is 2. The number of primary amides is 1. The molecule has 0 spiro atoms. The van der Waals surface area contributed by atoms with Crippen LogP contribution in [0.5, 0.6) is 0 Å². The number of carbonyl (C=O) groups is 2. The Labute approximate surface area is 146 Å². The Balaban J connectivity index is 2.04. The van der Waals surface area contributed by atoms with Gasteiger partial charge in [0.25, 0.3) is 0 Å². The highest BCUT2D eigenvalue weighted by molar-refractivity contribution is 7.10. The summed E-state index contributed by atoms with van der Waals surface area (Å²) in [5, 5.41) is 2.06. The summed E-state index contributed by atoms with van der Waals surface area (Å²) in [6.45, 7) is 3.38. The van der Waals surface area contributed by atoms with Crippen molar-refractivity contribution in [1.29, 1.82) is 0 Å². The molecule has 2 N–H and O–H groups in total. The number of hydrogen-bond acceptors (Lipinski definition) is 4. The van der Waals surface area contributed by atoms with E-state index in [1.165, 1.54) is 10.4 Å². The number of likely N-dealkylation sites (N-methyl/N-ethyl adjacent to an activating group) is 1. The smallest absolute Gasteiger partial charge is 0.241 e. The van der Waals surface area contributed by atoms with Gasteiger partial charge >= 0.3 is 0 Å². The van der Waals surface area contributed by atoms with Crippen LogP contribution in [0.25, 0.3) is 0 Å². The number of nitrogens with two attached hydrogens (primary N) is 1. The van der Waals surface area contributed by atoms with Crippen molar-refractivity contribution in [3.63, 3.8) is 0 Å². The molecule has 5 nitrogen and oxygen atoms in total. The lowest BCUT2D eigenvalue weighted by Gasteiger charge is -2.25. The molecule has 0 aliphatic carbocycles. The average molecular weight is 345 g/mol. The summed E-state index contributed by atoms with van der Waals surface area (Å²) in [5.41, 5.74) is 7.27. The number of amides is 2. The monoisotopic (exact) mass is 345 g/mol. The Morgan fingerprint density at radius 3 is 2.46 bits per heavy atom. The molecule has 128 valence electrons. The zero-order chi connectivity index (χ0) is 17.5. The Morgan fingerprint density at radius 2 is 1.88 bits per heavy atom. The van der Waals surface area contributed by atoms with Crippen molar-refractivity contribution < 1.29 is 9.59 Å². The van der Waals surface area contributed by atoms with Crippen LogP contribution in [-0.2, 0) is 16.1 Å². The zero-order valence-electron chi connectivity index (χ0n) is 14.1. The van der Waals surface area contributed by atoms with E-state index in [2.05, 4.69) is 18.4 Å². The Kier molecular flexibility index (Phi) is 6.52. The van der Waals surface area contributed by atoms with Crippen molar-refractivity contribution in [3.8, 4) is 0 Å². The summed E-state index contributed by atoms with van der Waals surface area (Å²) in [5.74, 6) is -0.453. The Bertz CT molecular complexity index is 685. The molecule has 24 heavy (non-hydrogen) atoms. The molecule has 6 heteroatoms. The van der Waals surface area contributed by atoms with E-state index in [9.17, 15) is 9.59 Å². The van der Waals surface area contributed by atoms with Gasteiger partial charge in [0.15, 0.2) is 0 Å². The Hall–Kier alpha value is -2.18. The summed E-state index contributed by atoms with van der Waals surface area (Å²) in [6.07, 6.45) is 0.147. The minimum absolute atomic E-state index is 0.0424. The third kappa shape index (κ3) is 5.18. The fourth-order valence-corrected chi connectivity index (χ4v) is 3.40. The molecule has 1 heterocycles. The number of nitrogens with zero attached hydrogens (tertiary/aromatic N) is 2. The van der Waals surface area contributed by atoms with Crippen LogP contribution in [0.4, 0.5) is 5.69 Å². The topological polar surface area (TPSA) is 66.6 Å². The van der Waals surface area contributed by atoms with E-state index in [0.717, 1.165) is 12.2 Å². The molecule has 0 bridgehead atoms. The number of aryl methyl sites for hydroxylation is 1. The quantitative estimate of drug-likeness (QED) is 0.799. The van der Waals surface area contributed by atoms with Gasteiger partial charge in [0.1, 0.15) is 0 Å². The first kappa shape index (κ1) is 18.2. The van der Waals surface area contributed by atoms with Crippen molar-refractivity contribution in [3.05, 3.63) is 52.2 Å². The van der Waals surface area contributed by atoms with Gasteiger partial charge in [-0.2, -0.15) is 0 Å². The fraction of sp³-hybridized carbons (Fsp3) is 0.333. The Morgan fingerprint density at radius 1 is 1.17 bits per heavy atom. The SMILES string of the molecule is Cc1ccsc1CN(C)CC(=O)N(CCC(N)=O)c1ccccc1. The highest BCUT2D eigenvalue weighted by Gasteiger charge is 2.18. The van der Waals surface area contributed by atoms with E-state index < -0.39 is 5.91 Å². The van der Waals surface area contributed by atoms with Gasteiger partial charge in [-0.15, -0.1) is 11.3 Å². The first-order chi connectivity index (χ1) is 11.5. The molecule has 1 aromatic carbocycles. The van der Waals surface area contributed by atoms with Gasteiger partial charge in [-0.3, -0.25) is 14.5 Å². The summed E-state index contributed by atoms with van der Waals surface area (Å²) in [6, 6.07) is 11.5. The maximum Gasteiger partial charge on any atom is 0.241 e. The second-order valence-electron chi connectivity index (χ2n) is 5.80. The largest absolute Gasteiger partial charge is 0.370 e. The van der Waals surface area contributed by atoms with Gasteiger partial charge in [-0.1, -0.05) is 18.2 Å². The molecule has 0 fully saturated rings. The van der Waals surface area contributed by atoms with E-state index in [4.69, 9.17) is 5.73 Å². The van der Waals surface area contributed by atoms with E-state index in [-0.39, 0.29) is 18.9 Å². The molecule has 0 saturated carbocycles. The second kappa shape index (κ2) is 8.61. The number of anilines is 1. The summed E-state index contributed by atoms with van der Waals surface area (Å²) >= 11 is 1.70. The predicted octanol–water partition coefficient (Wildman–Crippen LogP) is 2.40. The first-order valence-electron chi connectivity index (χ1n) is 7.82. The number of thiophene rings is 1. The van der Waals surface area contributed by atoms with Crippen molar-refractivity contribution in [2.45, 2.75) is 19.9 Å². The van der Waals surface area contributed by atoms with Gasteiger partial charge in [0.2, 0.25) is 11.8 Å². The lowest BCUT2D eigenvalue weighted by Crippen LogP contribution is -2.40. The van der Waals surface area contributed by atoms with E-state index in [0.29, 0.717) is 6.54 Å². The standard InChI is InChI=1S/C18H23N3O2S/c1-14-9-11-24-16(14)12-20(2)13-18(23)21(10-8-17(19)22)15-6-4-3-5-7-15/h3-7,9,11H,8,10,12-13H2,1-2H3,(H2,19,22). The van der Waals surface area contributed by atoms with Gasteiger partial charge in [0.05, 0.1) is 6.54 Å². The normalized spacial score (nSPS) is 10.8. The molecular formula is C18H23N3O2S. The van der Waals surface area contributed by atoms with E-state index in [1.54, 1.807) is 16.2 Å². The van der Waals surface area contributed by atoms with Gasteiger partial charge in [-0.05, 0) is 43.1 Å². The summed E-state index contributed by atoms with van der Waals surface area (Å²) in [7, 11) is 1.92. The highest BCUT2D eigenvalue weighted by atomic mass is 32.1. The lowest BCUT2D eigenvalue weighted by atomic mass is 10.2. The van der Waals surface area contributed by atoms with Crippen LogP contribution in [0.2, 0.25) is 0 Å². The number of hydrogen-bond donors (Lipinski definition) is 1. The molecule has 0 aliphatic heterocycles. The molecule has 2 amide bonds. The zero-order valence-corrected chi connectivity index (χ0v) is 14.9. The van der Waals surface area contributed by atoms with E-state index in [1.807, 2.05) is 42.3 Å². The van der Waals surface area contributed by atoms with E-state index >= 15 is 0 Å². The fourth-order valence-electron chi connectivity index (χ4n) is 2.41. The molecular weight excluding hydrogens is 322 g/mol. The minimum Gasteiger partial charge on any atom is -0.370 e. The number of benzene rings is 1. The summed E-state index contributed by atoms with van der Waals surface area (Å²) < 4.78 is 0. The third-order valence-corrected chi connectivity index (χ3v) is 4.75. The van der Waals surface area contributed by atoms with Gasteiger partial charge < -0.3 is 10.6 Å². The number of para-hydroxylation sites is 1. The maximum atomic E-state index is 12.7. The molecule has 0 atom stereocenters. The maximum absolute atomic E-state index is 12.7. The van der Waals surface area contributed by atoms with Crippen molar-refractivity contribution >= 4 is 28.8 Å². The lowest BCUT2D eigenvalue weighted by molar-refractivity contribution is -0.119. The van der Waals surface area contributed by atoms with Crippen molar-refractivity contribution in [1.82, 2.24) is 4.90 Å². The van der Waals surface area contributed by atoms with Crippen LogP contribution in [0, 0.1) is 6.92 Å². The number of rotatable bonds is 8. The molecule has 0 unspecified atom stereocenters. The van der Waals surface area contributed by atoms with Crippen LogP contribution < -0.4 is 10.6 Å². The molecule has 0 saturated heterocycles. The minimum atomic E-state index is -0.411. The predicted molar refractivity (Wildman–Crippen MR) is 98.0 cm³/mol. The van der Waals surface area contributed by atoms with Gasteiger partial charge in [-0.25, -0.2) is 0 Å². The van der Waals surface area contributed by atoms with Crippen LogP contribution in [-0.4, -0.2) is 36.9 Å². The van der Waals surface area contributed by atoms with Crippen LogP contribution in [0.3, 0.4) is 0 Å². The molecule has 2 rings (SSSR count). The molecule has 1 aromatic heterocycles. The summed E-state index contributed by atoms with van der Waals surface area (Å²) in [4.78, 5) is 28.7. The molecule has 0 radical (unpaired) electrons. The first-order valence-corrected chi connectivity index (χ1v) is 8.70. The molecule has 2 aromatic rings. The van der Waals surface area contributed by atoms with Crippen LogP contribution >= 0.6 is 11.3 Å².